The fourth-order valence-corrected chi connectivity index (χ4v) is 2.56. The second kappa shape index (κ2) is 5.76. The van der Waals surface area contributed by atoms with E-state index in [1.54, 1.807) is 4.90 Å². The van der Waals surface area contributed by atoms with Crippen LogP contribution in [0.2, 0.25) is 0 Å². The minimum Gasteiger partial charge on any atom is -0.480 e. The number of carboxylic acid groups (broad SMARTS) is 1. The summed E-state index contributed by atoms with van der Waals surface area (Å²) in [6.07, 6.45) is 0.812. The van der Waals surface area contributed by atoms with Crippen LogP contribution in [-0.4, -0.2) is 45.5 Å². The van der Waals surface area contributed by atoms with Gasteiger partial charge in [0.05, 0.1) is 0 Å². The van der Waals surface area contributed by atoms with E-state index in [1.165, 1.54) is 10.5 Å². The molecule has 0 aromatic heterocycles. The molecule has 114 valence electrons. The van der Waals surface area contributed by atoms with Crippen LogP contribution >= 0.6 is 0 Å². The van der Waals surface area contributed by atoms with Crippen molar-refractivity contribution in [3.63, 3.8) is 0 Å². The first-order valence-corrected chi connectivity index (χ1v) is 7.14. The highest BCUT2D eigenvalue weighted by atomic mass is 16.4. The second-order valence-electron chi connectivity index (χ2n) is 6.37. The maximum Gasteiger partial charge on any atom is 0.323 e. The number of carbonyl (C=O) groups excluding carboxylic acids is 1. The lowest BCUT2D eigenvalue weighted by Gasteiger charge is -2.39. The Morgan fingerprint density at radius 3 is 2.43 bits per heavy atom. The van der Waals surface area contributed by atoms with E-state index in [9.17, 15) is 9.59 Å². The van der Waals surface area contributed by atoms with Crippen molar-refractivity contribution in [2.45, 2.75) is 39.3 Å². The maximum atomic E-state index is 12.7. The summed E-state index contributed by atoms with van der Waals surface area (Å²) in [4.78, 5) is 26.9. The van der Waals surface area contributed by atoms with Crippen LogP contribution < -0.4 is 0 Å². The van der Waals surface area contributed by atoms with Crippen LogP contribution in [0.5, 0.6) is 0 Å². The number of carboxylic acids is 1. The molecule has 5 heteroatoms. The van der Waals surface area contributed by atoms with E-state index < -0.39 is 11.5 Å². The molecule has 1 aromatic rings. The largest absolute Gasteiger partial charge is 0.480 e. The van der Waals surface area contributed by atoms with E-state index >= 15 is 0 Å². The molecule has 0 saturated heterocycles. The average Bonchev–Trinajstić information content (AvgIpc) is 2.42. The molecular weight excluding hydrogens is 268 g/mol. The van der Waals surface area contributed by atoms with Gasteiger partial charge in [-0.15, -0.1) is 0 Å². The number of carbonyl (C=O) groups is 2. The number of urea groups is 1. The Morgan fingerprint density at radius 2 is 1.86 bits per heavy atom. The van der Waals surface area contributed by atoms with Gasteiger partial charge in [-0.2, -0.15) is 0 Å². The fourth-order valence-electron chi connectivity index (χ4n) is 2.56. The number of hydrogen-bond donors (Lipinski definition) is 1. The van der Waals surface area contributed by atoms with Gasteiger partial charge in [-0.1, -0.05) is 24.3 Å². The maximum absolute atomic E-state index is 12.7. The standard InChI is InChI=1S/C16H22N2O3/c1-16(2,3)18(11-14(19)20)15(21)17-9-8-12-6-4-5-7-13(12)10-17/h4-7H,8-11H2,1-3H3,(H,19,20). The van der Waals surface area contributed by atoms with E-state index in [4.69, 9.17) is 5.11 Å². The molecule has 0 saturated carbocycles. The van der Waals surface area contributed by atoms with Crippen molar-refractivity contribution in [1.29, 1.82) is 0 Å². The molecule has 0 bridgehead atoms. The molecule has 2 amide bonds. The molecular formula is C16H22N2O3. The normalized spacial score (nSPS) is 14.5. The Morgan fingerprint density at radius 1 is 1.24 bits per heavy atom. The van der Waals surface area contributed by atoms with Crippen molar-refractivity contribution in [3.8, 4) is 0 Å². The van der Waals surface area contributed by atoms with Gasteiger partial charge in [-0.05, 0) is 38.3 Å². The quantitative estimate of drug-likeness (QED) is 0.909. The lowest BCUT2D eigenvalue weighted by Crippen LogP contribution is -2.54. The predicted molar refractivity (Wildman–Crippen MR) is 80.0 cm³/mol. The van der Waals surface area contributed by atoms with Gasteiger partial charge in [0, 0.05) is 18.6 Å². The number of fused-ring (bicyclic) bond motifs is 1. The van der Waals surface area contributed by atoms with Crippen LogP contribution in [0.3, 0.4) is 0 Å². The molecule has 5 nitrogen and oxygen atoms in total. The summed E-state index contributed by atoms with van der Waals surface area (Å²) < 4.78 is 0. The first-order valence-electron chi connectivity index (χ1n) is 7.14. The minimum atomic E-state index is -0.990. The summed E-state index contributed by atoms with van der Waals surface area (Å²) in [6, 6.07) is 7.86. The van der Waals surface area contributed by atoms with Crippen molar-refractivity contribution in [3.05, 3.63) is 35.4 Å². The molecule has 21 heavy (non-hydrogen) atoms. The second-order valence-corrected chi connectivity index (χ2v) is 6.37. The number of rotatable bonds is 2. The van der Waals surface area contributed by atoms with Gasteiger partial charge >= 0.3 is 12.0 Å². The van der Waals surface area contributed by atoms with E-state index in [0.29, 0.717) is 13.1 Å². The van der Waals surface area contributed by atoms with E-state index in [2.05, 4.69) is 6.07 Å². The minimum absolute atomic E-state index is 0.209. The topological polar surface area (TPSA) is 60.9 Å². The van der Waals surface area contributed by atoms with Crippen LogP contribution in [0.1, 0.15) is 31.9 Å². The van der Waals surface area contributed by atoms with Crippen molar-refractivity contribution < 1.29 is 14.7 Å². The Labute approximate surface area is 125 Å². The average molecular weight is 290 g/mol. The monoisotopic (exact) mass is 290 g/mol. The zero-order valence-electron chi connectivity index (χ0n) is 12.8. The Kier molecular flexibility index (Phi) is 4.21. The van der Waals surface area contributed by atoms with Gasteiger partial charge in [0.15, 0.2) is 0 Å². The first kappa shape index (κ1) is 15.4. The molecule has 1 aliphatic heterocycles. The fraction of sp³-hybridized carbons (Fsp3) is 0.500. The lowest BCUT2D eigenvalue weighted by molar-refractivity contribution is -0.138. The summed E-state index contributed by atoms with van der Waals surface area (Å²) >= 11 is 0. The Hall–Kier alpha value is -2.04. The van der Waals surface area contributed by atoms with Crippen LogP contribution in [0.4, 0.5) is 4.79 Å². The highest BCUT2D eigenvalue weighted by Crippen LogP contribution is 2.22. The molecule has 0 atom stereocenters. The predicted octanol–water partition coefficient (Wildman–Crippen LogP) is 2.35. The van der Waals surface area contributed by atoms with Gasteiger partial charge < -0.3 is 14.9 Å². The van der Waals surface area contributed by atoms with Crippen molar-refractivity contribution in [2.75, 3.05) is 13.1 Å². The molecule has 0 radical (unpaired) electrons. The zero-order chi connectivity index (χ0) is 15.6. The number of amides is 2. The molecule has 0 aliphatic carbocycles. The van der Waals surface area contributed by atoms with E-state index in [1.807, 2.05) is 39.0 Å². The molecule has 1 heterocycles. The lowest BCUT2D eigenvalue weighted by atomic mass is 10.00. The Bertz CT molecular complexity index is 549. The summed E-state index contributed by atoms with van der Waals surface area (Å²) in [5, 5.41) is 9.04. The zero-order valence-corrected chi connectivity index (χ0v) is 12.8. The van der Waals surface area contributed by atoms with Crippen LogP contribution in [0.25, 0.3) is 0 Å². The van der Waals surface area contributed by atoms with Gasteiger partial charge in [-0.25, -0.2) is 4.79 Å². The molecule has 0 unspecified atom stereocenters. The molecule has 0 spiro atoms. The van der Waals surface area contributed by atoms with Gasteiger partial charge in [0.25, 0.3) is 0 Å². The summed E-state index contributed by atoms with van der Waals surface area (Å²) in [5.74, 6) is -0.990. The third kappa shape index (κ3) is 3.54. The first-order chi connectivity index (χ1) is 9.79. The third-order valence-corrected chi connectivity index (χ3v) is 3.74. The summed E-state index contributed by atoms with van der Waals surface area (Å²) in [6.45, 7) is 6.45. The third-order valence-electron chi connectivity index (χ3n) is 3.74. The smallest absolute Gasteiger partial charge is 0.323 e. The summed E-state index contributed by atoms with van der Waals surface area (Å²) in [5.41, 5.74) is 1.88. The van der Waals surface area contributed by atoms with E-state index in [-0.39, 0.29) is 12.6 Å². The van der Waals surface area contributed by atoms with Crippen LogP contribution in [0.15, 0.2) is 24.3 Å². The van der Waals surface area contributed by atoms with Crippen LogP contribution in [0, 0.1) is 0 Å². The molecule has 1 aromatic carbocycles. The van der Waals surface area contributed by atoms with Crippen molar-refractivity contribution in [1.82, 2.24) is 9.80 Å². The van der Waals surface area contributed by atoms with Gasteiger partial charge in [0.2, 0.25) is 0 Å². The van der Waals surface area contributed by atoms with E-state index in [0.717, 1.165) is 12.0 Å². The number of hydrogen-bond acceptors (Lipinski definition) is 2. The molecule has 1 N–H and O–H groups in total. The number of benzene rings is 1. The van der Waals surface area contributed by atoms with Gasteiger partial charge in [-0.3, -0.25) is 4.79 Å². The SMILES string of the molecule is CC(C)(C)N(CC(=O)O)C(=O)N1CCc2ccccc2C1. The van der Waals surface area contributed by atoms with Crippen molar-refractivity contribution in [2.24, 2.45) is 0 Å². The summed E-state index contributed by atoms with van der Waals surface area (Å²) in [7, 11) is 0. The highest BCUT2D eigenvalue weighted by molar-refractivity contribution is 5.81. The Balaban J connectivity index is 2.17. The molecule has 1 aliphatic rings. The molecule has 2 rings (SSSR count). The highest BCUT2D eigenvalue weighted by Gasteiger charge is 2.33. The number of nitrogens with zero attached hydrogens (tertiary/aromatic N) is 2. The van der Waals surface area contributed by atoms with Gasteiger partial charge in [0.1, 0.15) is 6.54 Å². The van der Waals surface area contributed by atoms with Crippen LogP contribution in [-0.2, 0) is 17.8 Å². The molecule has 0 fully saturated rings. The van der Waals surface area contributed by atoms with Crippen molar-refractivity contribution >= 4 is 12.0 Å². The number of aliphatic carboxylic acids is 1.